The zero-order valence-electron chi connectivity index (χ0n) is 19.4. The first-order chi connectivity index (χ1) is 17.1. The Hall–Kier alpha value is -4.43. The summed E-state index contributed by atoms with van der Waals surface area (Å²) in [6, 6.07) is 21.4. The van der Waals surface area contributed by atoms with Crippen LogP contribution in [0.4, 0.5) is 5.82 Å². The topological polar surface area (TPSA) is 106 Å². The lowest BCUT2D eigenvalue weighted by Crippen LogP contribution is -2.29. The molecule has 176 valence electrons. The van der Waals surface area contributed by atoms with Gasteiger partial charge in [0, 0.05) is 55.5 Å². The van der Waals surface area contributed by atoms with Gasteiger partial charge in [0.1, 0.15) is 17.2 Å². The van der Waals surface area contributed by atoms with Crippen molar-refractivity contribution in [3.05, 3.63) is 90.3 Å². The molecule has 2 aromatic carbocycles. The zero-order chi connectivity index (χ0) is 24.4. The molecule has 0 aliphatic heterocycles. The van der Waals surface area contributed by atoms with Crippen LogP contribution in [0.5, 0.6) is 0 Å². The Morgan fingerprint density at radius 1 is 1.03 bits per heavy atom. The summed E-state index contributed by atoms with van der Waals surface area (Å²) in [5.74, 6) is 0.507. The number of carbonyl (C=O) groups is 2. The van der Waals surface area contributed by atoms with Gasteiger partial charge in [-0.15, -0.1) is 0 Å². The van der Waals surface area contributed by atoms with Crippen LogP contribution in [0.25, 0.3) is 27.8 Å². The number of imidazole rings is 1. The van der Waals surface area contributed by atoms with E-state index < -0.39 is 0 Å². The van der Waals surface area contributed by atoms with Gasteiger partial charge in [-0.25, -0.2) is 4.98 Å². The molecule has 0 saturated carbocycles. The molecule has 5 aromatic rings. The summed E-state index contributed by atoms with van der Waals surface area (Å²) in [5, 5.41) is 7.25. The molecule has 0 fully saturated rings. The third-order valence-corrected chi connectivity index (χ3v) is 5.93. The Morgan fingerprint density at radius 2 is 1.80 bits per heavy atom. The molecule has 3 aromatic heterocycles. The van der Waals surface area contributed by atoms with Crippen LogP contribution >= 0.6 is 0 Å². The summed E-state index contributed by atoms with van der Waals surface area (Å²) in [5.41, 5.74) is 10.1. The fourth-order valence-corrected chi connectivity index (χ4v) is 4.24. The minimum atomic E-state index is -0.200. The lowest BCUT2D eigenvalue weighted by Gasteiger charge is -2.09. The third-order valence-electron chi connectivity index (χ3n) is 5.93. The molecule has 0 unspecified atom stereocenters. The van der Waals surface area contributed by atoms with E-state index in [1.807, 2.05) is 59.3 Å². The van der Waals surface area contributed by atoms with Gasteiger partial charge in [0.25, 0.3) is 5.91 Å². The fourth-order valence-electron chi connectivity index (χ4n) is 4.24. The van der Waals surface area contributed by atoms with Crippen LogP contribution in [0.2, 0.25) is 0 Å². The molecule has 0 spiro atoms. The maximum absolute atomic E-state index is 12.5. The first-order valence-electron chi connectivity index (χ1n) is 11.5. The van der Waals surface area contributed by atoms with Crippen LogP contribution in [-0.2, 0) is 6.54 Å². The first kappa shape index (κ1) is 22.4. The van der Waals surface area contributed by atoms with Crippen molar-refractivity contribution < 1.29 is 9.59 Å². The van der Waals surface area contributed by atoms with Gasteiger partial charge in [-0.05, 0) is 23.8 Å². The van der Waals surface area contributed by atoms with Crippen molar-refractivity contribution in [1.29, 1.82) is 0 Å². The standard InChI is InChI=1S/C27H26N6O2/c1-18(34)33-17-22(21-9-5-6-10-23(21)33)25-26(30-16-19-7-3-2-4-8-19)32-14-11-20(15-24(32)31-25)27(35)29-13-12-28/h2-11,14-15,17,30H,12-13,16,28H2,1H3,(H,29,35). The number of carbonyl (C=O) groups excluding carboxylic acids is 2. The number of nitrogens with one attached hydrogen (secondary N) is 2. The number of anilines is 1. The highest BCUT2D eigenvalue weighted by Crippen LogP contribution is 2.36. The molecule has 8 heteroatoms. The number of amides is 1. The lowest BCUT2D eigenvalue weighted by atomic mass is 10.1. The molecule has 0 aliphatic carbocycles. The molecule has 0 radical (unpaired) electrons. The number of benzene rings is 2. The van der Waals surface area contributed by atoms with Crippen molar-refractivity contribution in [2.75, 3.05) is 18.4 Å². The number of pyridine rings is 1. The van der Waals surface area contributed by atoms with E-state index in [1.165, 1.54) is 0 Å². The van der Waals surface area contributed by atoms with Gasteiger partial charge in [-0.1, -0.05) is 48.5 Å². The van der Waals surface area contributed by atoms with E-state index >= 15 is 0 Å². The van der Waals surface area contributed by atoms with E-state index in [1.54, 1.807) is 23.6 Å². The molecule has 0 aliphatic rings. The van der Waals surface area contributed by atoms with Gasteiger partial charge < -0.3 is 16.4 Å². The molecule has 1 amide bonds. The van der Waals surface area contributed by atoms with Crippen LogP contribution in [0.15, 0.2) is 79.1 Å². The quantitative estimate of drug-likeness (QED) is 0.337. The van der Waals surface area contributed by atoms with E-state index in [9.17, 15) is 9.59 Å². The summed E-state index contributed by atoms with van der Waals surface area (Å²) < 4.78 is 3.57. The molecule has 8 nitrogen and oxygen atoms in total. The minimum Gasteiger partial charge on any atom is -0.365 e. The second-order valence-electron chi connectivity index (χ2n) is 8.29. The summed E-state index contributed by atoms with van der Waals surface area (Å²) in [7, 11) is 0. The van der Waals surface area contributed by atoms with Crippen LogP contribution in [0.3, 0.4) is 0 Å². The summed E-state index contributed by atoms with van der Waals surface area (Å²) >= 11 is 0. The second-order valence-corrected chi connectivity index (χ2v) is 8.29. The van der Waals surface area contributed by atoms with Crippen LogP contribution < -0.4 is 16.4 Å². The number of nitrogens with two attached hydrogens (primary N) is 1. The van der Waals surface area contributed by atoms with Crippen LogP contribution in [-0.4, -0.2) is 38.9 Å². The third kappa shape index (κ3) is 4.27. The van der Waals surface area contributed by atoms with E-state index in [-0.39, 0.29) is 11.8 Å². The summed E-state index contributed by atoms with van der Waals surface area (Å²) in [6.07, 6.45) is 3.66. The van der Waals surface area contributed by atoms with Crippen molar-refractivity contribution in [3.63, 3.8) is 0 Å². The summed E-state index contributed by atoms with van der Waals surface area (Å²) in [6.45, 7) is 2.90. The van der Waals surface area contributed by atoms with Crippen LogP contribution in [0, 0.1) is 0 Å². The van der Waals surface area contributed by atoms with Crippen molar-refractivity contribution in [2.45, 2.75) is 13.5 Å². The van der Waals surface area contributed by atoms with Crippen molar-refractivity contribution in [3.8, 4) is 11.3 Å². The zero-order valence-corrected chi connectivity index (χ0v) is 19.4. The molecular weight excluding hydrogens is 440 g/mol. The number of aromatic nitrogens is 3. The highest BCUT2D eigenvalue weighted by Gasteiger charge is 2.21. The highest BCUT2D eigenvalue weighted by atomic mass is 16.2. The maximum atomic E-state index is 12.5. The minimum absolute atomic E-state index is 0.0751. The second kappa shape index (κ2) is 9.44. The lowest BCUT2D eigenvalue weighted by molar-refractivity contribution is 0.0937. The Labute approximate surface area is 202 Å². The van der Waals surface area contributed by atoms with Crippen molar-refractivity contribution >= 4 is 34.2 Å². The Kier molecular flexibility index (Phi) is 6.03. The number of para-hydroxylation sites is 1. The number of nitrogens with zero attached hydrogens (tertiary/aromatic N) is 3. The Balaban J connectivity index is 1.66. The maximum Gasteiger partial charge on any atom is 0.251 e. The molecule has 5 rings (SSSR count). The molecular formula is C27H26N6O2. The predicted molar refractivity (Wildman–Crippen MR) is 138 cm³/mol. The number of fused-ring (bicyclic) bond motifs is 2. The van der Waals surface area contributed by atoms with E-state index in [0.717, 1.165) is 27.8 Å². The monoisotopic (exact) mass is 466 g/mol. The van der Waals surface area contributed by atoms with Gasteiger partial charge in [0.2, 0.25) is 5.91 Å². The van der Waals surface area contributed by atoms with Gasteiger partial charge in [-0.2, -0.15) is 0 Å². The molecule has 0 saturated heterocycles. The predicted octanol–water partition coefficient (Wildman–Crippen LogP) is 3.92. The first-order valence-corrected chi connectivity index (χ1v) is 11.5. The van der Waals surface area contributed by atoms with Gasteiger partial charge in [0.15, 0.2) is 0 Å². The Bertz CT molecular complexity index is 1530. The Morgan fingerprint density at radius 3 is 2.57 bits per heavy atom. The van der Waals surface area contributed by atoms with Gasteiger partial charge >= 0.3 is 0 Å². The highest BCUT2D eigenvalue weighted by molar-refractivity contribution is 6.03. The van der Waals surface area contributed by atoms with E-state index in [2.05, 4.69) is 22.8 Å². The average Bonchev–Trinajstić information content (AvgIpc) is 3.44. The van der Waals surface area contributed by atoms with E-state index in [4.69, 9.17) is 10.7 Å². The number of hydrogen-bond acceptors (Lipinski definition) is 5. The molecule has 35 heavy (non-hydrogen) atoms. The number of rotatable bonds is 7. The van der Waals surface area contributed by atoms with Crippen molar-refractivity contribution in [1.82, 2.24) is 19.3 Å². The van der Waals surface area contributed by atoms with Crippen molar-refractivity contribution in [2.24, 2.45) is 5.73 Å². The van der Waals surface area contributed by atoms with Crippen LogP contribution in [0.1, 0.15) is 27.6 Å². The summed E-state index contributed by atoms with van der Waals surface area (Å²) in [4.78, 5) is 29.8. The molecule has 0 atom stereocenters. The number of hydrogen-bond donors (Lipinski definition) is 3. The van der Waals surface area contributed by atoms with Gasteiger partial charge in [-0.3, -0.25) is 18.6 Å². The molecule has 4 N–H and O–H groups in total. The normalized spacial score (nSPS) is 11.1. The van der Waals surface area contributed by atoms with E-state index in [0.29, 0.717) is 36.5 Å². The smallest absolute Gasteiger partial charge is 0.251 e. The van der Waals surface area contributed by atoms with Gasteiger partial charge in [0.05, 0.1) is 5.52 Å². The average molecular weight is 467 g/mol. The SMILES string of the molecule is CC(=O)n1cc(-c2nc3cc(C(=O)NCCN)ccn3c2NCc2ccccc2)c2ccccc21. The fraction of sp³-hybridized carbons (Fsp3) is 0.148. The largest absolute Gasteiger partial charge is 0.365 e. The molecule has 0 bridgehead atoms. The molecule has 3 heterocycles.